The Morgan fingerprint density at radius 2 is 1.85 bits per heavy atom. The summed E-state index contributed by atoms with van der Waals surface area (Å²) in [5, 5.41) is 19.8. The maximum atomic E-state index is 9.07. The summed E-state index contributed by atoms with van der Waals surface area (Å²) in [5.74, 6) is 0. The Bertz CT molecular complexity index is 888. The van der Waals surface area contributed by atoms with Gasteiger partial charge in [0.15, 0.2) is 0 Å². The Hall–Kier alpha value is -2.65. The van der Waals surface area contributed by atoms with Crippen molar-refractivity contribution < 1.29 is 0 Å². The van der Waals surface area contributed by atoms with Gasteiger partial charge in [-0.1, -0.05) is 43.4 Å². The van der Waals surface area contributed by atoms with Gasteiger partial charge in [0.25, 0.3) is 0 Å². The second-order valence-electron chi connectivity index (χ2n) is 8.83. The highest BCUT2D eigenvalue weighted by Crippen LogP contribution is 2.20. The average molecular weight is 446 g/mol. The summed E-state index contributed by atoms with van der Waals surface area (Å²) in [6.45, 7) is 10.2. The van der Waals surface area contributed by atoms with E-state index in [1.165, 1.54) is 23.1 Å². The number of nitriles is 1. The summed E-state index contributed by atoms with van der Waals surface area (Å²) < 4.78 is 0. The average Bonchev–Trinajstić information content (AvgIpc) is 2.87. The highest BCUT2D eigenvalue weighted by Gasteiger charge is 2.14. The smallest absolute Gasteiger partial charge is 0.0991 e. The third kappa shape index (κ3) is 8.33. The molecule has 2 atom stereocenters. The highest BCUT2D eigenvalue weighted by molar-refractivity contribution is 5.34. The van der Waals surface area contributed by atoms with Crippen molar-refractivity contribution in [1.82, 2.24) is 20.9 Å². The first kappa shape index (κ1) is 25.0. The maximum absolute atomic E-state index is 9.07. The Morgan fingerprint density at radius 1 is 1.09 bits per heavy atom. The molecule has 2 unspecified atom stereocenters. The lowest BCUT2D eigenvalue weighted by molar-refractivity contribution is 0.260. The van der Waals surface area contributed by atoms with E-state index in [1.54, 1.807) is 0 Å². The molecule has 0 amide bonds. The van der Waals surface area contributed by atoms with Crippen molar-refractivity contribution >= 4 is 0 Å². The molecule has 2 aliphatic rings. The first-order valence-corrected chi connectivity index (χ1v) is 12.3. The summed E-state index contributed by atoms with van der Waals surface area (Å²) in [6, 6.07) is 10.9. The molecular weight excluding hydrogens is 406 g/mol. The van der Waals surface area contributed by atoms with E-state index in [4.69, 9.17) is 5.26 Å². The van der Waals surface area contributed by atoms with Gasteiger partial charge >= 0.3 is 0 Å². The number of dihydropyridines is 1. The van der Waals surface area contributed by atoms with Crippen LogP contribution in [0.1, 0.15) is 44.2 Å². The molecule has 0 aromatic heterocycles. The molecule has 5 heteroatoms. The van der Waals surface area contributed by atoms with Gasteiger partial charge in [-0.15, -0.1) is 0 Å². The van der Waals surface area contributed by atoms with E-state index < -0.39 is 0 Å². The standard InChI is InChI=1S/C28H39N5/c1-3-26-8-4-5-9-27(26)21-30-16-18-33(22-25-13-11-24(20-29)12-14-25)19-17-31-23(2)28-10-6-7-15-32-28/h6-15,23,28,30-32H,3-5,16-19,21-22H2,1-2H3. The monoisotopic (exact) mass is 445 g/mol. The van der Waals surface area contributed by atoms with Crippen LogP contribution in [0.3, 0.4) is 0 Å². The molecule has 0 saturated carbocycles. The zero-order valence-corrected chi connectivity index (χ0v) is 20.2. The third-order valence-corrected chi connectivity index (χ3v) is 6.40. The minimum absolute atomic E-state index is 0.327. The van der Waals surface area contributed by atoms with Crippen LogP contribution < -0.4 is 16.0 Å². The van der Waals surface area contributed by atoms with Gasteiger partial charge in [0.05, 0.1) is 17.7 Å². The number of allylic oxidation sites excluding steroid dienone is 4. The van der Waals surface area contributed by atoms with Crippen molar-refractivity contribution in [3.63, 3.8) is 0 Å². The molecule has 1 heterocycles. The fourth-order valence-electron chi connectivity index (χ4n) is 4.36. The first-order valence-electron chi connectivity index (χ1n) is 12.3. The fourth-order valence-corrected chi connectivity index (χ4v) is 4.36. The summed E-state index contributed by atoms with van der Waals surface area (Å²) in [7, 11) is 0. The van der Waals surface area contributed by atoms with Crippen molar-refractivity contribution in [2.75, 3.05) is 32.7 Å². The molecule has 0 radical (unpaired) electrons. The molecule has 3 rings (SSSR count). The van der Waals surface area contributed by atoms with E-state index in [0.717, 1.165) is 52.1 Å². The van der Waals surface area contributed by atoms with Gasteiger partial charge in [0.2, 0.25) is 0 Å². The minimum atomic E-state index is 0.327. The van der Waals surface area contributed by atoms with E-state index >= 15 is 0 Å². The zero-order valence-electron chi connectivity index (χ0n) is 20.2. The lowest BCUT2D eigenvalue weighted by Crippen LogP contribution is -2.46. The van der Waals surface area contributed by atoms with Crippen LogP contribution in [-0.2, 0) is 6.54 Å². The SMILES string of the molecule is CCC1=CCCC=C1CNCCN(CCNC(C)C1C=CC=CN1)Cc1ccc(C#N)cc1. The number of nitrogens with one attached hydrogen (secondary N) is 3. The molecule has 1 aromatic rings. The molecule has 33 heavy (non-hydrogen) atoms. The van der Waals surface area contributed by atoms with Gasteiger partial charge in [0, 0.05) is 45.3 Å². The van der Waals surface area contributed by atoms with Crippen molar-refractivity contribution in [2.24, 2.45) is 0 Å². The van der Waals surface area contributed by atoms with Crippen molar-refractivity contribution in [3.05, 3.63) is 83.1 Å². The Morgan fingerprint density at radius 3 is 2.55 bits per heavy atom. The van der Waals surface area contributed by atoms with Crippen molar-refractivity contribution in [2.45, 2.75) is 51.7 Å². The second kappa shape index (κ2) is 13.8. The van der Waals surface area contributed by atoms with E-state index in [2.05, 4.69) is 77.2 Å². The topological polar surface area (TPSA) is 63.1 Å². The number of hydrogen-bond acceptors (Lipinski definition) is 5. The van der Waals surface area contributed by atoms with Gasteiger partial charge in [-0.05, 0) is 67.3 Å². The van der Waals surface area contributed by atoms with E-state index in [-0.39, 0.29) is 0 Å². The van der Waals surface area contributed by atoms with Gasteiger partial charge in [0.1, 0.15) is 0 Å². The summed E-state index contributed by atoms with van der Waals surface area (Å²) in [6.07, 6.45) is 16.6. The summed E-state index contributed by atoms with van der Waals surface area (Å²) in [4.78, 5) is 2.49. The molecular formula is C28H39N5. The minimum Gasteiger partial charge on any atom is -0.383 e. The Labute approximate surface area is 199 Å². The maximum Gasteiger partial charge on any atom is 0.0991 e. The molecule has 1 aliphatic heterocycles. The molecule has 3 N–H and O–H groups in total. The molecule has 0 spiro atoms. The quantitative estimate of drug-likeness (QED) is 0.400. The predicted molar refractivity (Wildman–Crippen MR) is 138 cm³/mol. The second-order valence-corrected chi connectivity index (χ2v) is 8.83. The fraction of sp³-hybridized carbons (Fsp3) is 0.464. The van der Waals surface area contributed by atoms with Gasteiger partial charge in [-0.2, -0.15) is 5.26 Å². The normalized spacial score (nSPS) is 18.4. The lowest BCUT2D eigenvalue weighted by atomic mass is 9.96. The zero-order chi connectivity index (χ0) is 23.3. The predicted octanol–water partition coefficient (Wildman–Crippen LogP) is 4.03. The summed E-state index contributed by atoms with van der Waals surface area (Å²) in [5.41, 5.74) is 4.93. The molecule has 1 aliphatic carbocycles. The molecule has 0 bridgehead atoms. The van der Waals surface area contributed by atoms with Crippen LogP contribution in [0, 0.1) is 11.3 Å². The van der Waals surface area contributed by atoms with Crippen LogP contribution in [-0.4, -0.2) is 49.7 Å². The van der Waals surface area contributed by atoms with Gasteiger partial charge in [-0.25, -0.2) is 0 Å². The van der Waals surface area contributed by atoms with E-state index in [0.29, 0.717) is 17.6 Å². The van der Waals surface area contributed by atoms with Crippen LogP contribution in [0.2, 0.25) is 0 Å². The molecule has 5 nitrogen and oxygen atoms in total. The van der Waals surface area contributed by atoms with Gasteiger partial charge in [-0.3, -0.25) is 4.90 Å². The Balaban J connectivity index is 1.49. The van der Waals surface area contributed by atoms with Crippen LogP contribution in [0.15, 0.2) is 72.0 Å². The van der Waals surface area contributed by atoms with Crippen LogP contribution in [0.5, 0.6) is 0 Å². The van der Waals surface area contributed by atoms with Crippen LogP contribution >= 0.6 is 0 Å². The van der Waals surface area contributed by atoms with E-state index in [9.17, 15) is 0 Å². The third-order valence-electron chi connectivity index (χ3n) is 6.40. The molecule has 0 fully saturated rings. The van der Waals surface area contributed by atoms with Crippen molar-refractivity contribution in [3.8, 4) is 6.07 Å². The molecule has 1 aromatic carbocycles. The largest absolute Gasteiger partial charge is 0.383 e. The first-order chi connectivity index (χ1) is 16.2. The summed E-state index contributed by atoms with van der Waals surface area (Å²) >= 11 is 0. The van der Waals surface area contributed by atoms with Crippen LogP contribution in [0.25, 0.3) is 0 Å². The number of benzene rings is 1. The number of nitrogens with zero attached hydrogens (tertiary/aromatic N) is 2. The molecule has 0 saturated heterocycles. The van der Waals surface area contributed by atoms with Crippen molar-refractivity contribution in [1.29, 1.82) is 5.26 Å². The molecule has 176 valence electrons. The highest BCUT2D eigenvalue weighted by atomic mass is 15.2. The Kier molecular flexibility index (Phi) is 10.4. The van der Waals surface area contributed by atoms with E-state index in [1.807, 2.05) is 24.4 Å². The number of rotatable bonds is 13. The van der Waals surface area contributed by atoms with Crippen LogP contribution in [0.4, 0.5) is 0 Å². The van der Waals surface area contributed by atoms with Gasteiger partial charge < -0.3 is 16.0 Å². The lowest BCUT2D eigenvalue weighted by Gasteiger charge is -2.27. The number of hydrogen-bond donors (Lipinski definition) is 3.